The van der Waals surface area contributed by atoms with Crippen LogP contribution in [0.3, 0.4) is 0 Å². The number of rotatable bonds is 3. The smallest absolute Gasteiger partial charge is 0.242 e. The molecule has 25 heavy (non-hydrogen) atoms. The molecule has 9 nitrogen and oxygen atoms in total. The van der Waals surface area contributed by atoms with Crippen LogP contribution in [-0.2, 0) is 27.8 Å². The molecule has 0 unspecified atom stereocenters. The Hall–Kier alpha value is -2.46. The van der Waals surface area contributed by atoms with E-state index < -0.39 is 15.9 Å². The summed E-state index contributed by atoms with van der Waals surface area (Å²) < 4.78 is 26.6. The highest BCUT2D eigenvalue weighted by atomic mass is 32.2. The van der Waals surface area contributed by atoms with Crippen LogP contribution < -0.4 is 0 Å². The maximum Gasteiger partial charge on any atom is 0.242 e. The van der Waals surface area contributed by atoms with Gasteiger partial charge in [0.15, 0.2) is 5.69 Å². The maximum absolute atomic E-state index is 12.8. The van der Waals surface area contributed by atoms with Gasteiger partial charge in [-0.2, -0.15) is 0 Å². The Balaban J connectivity index is 2.39. The molecule has 0 bridgehead atoms. The molecule has 0 saturated carbocycles. The van der Waals surface area contributed by atoms with Gasteiger partial charge in [0.2, 0.25) is 21.8 Å². The zero-order valence-corrected chi connectivity index (χ0v) is 14.8. The number of aromatic nitrogens is 1. The third kappa shape index (κ3) is 2.57. The fourth-order valence-electron chi connectivity index (χ4n) is 3.14. The number of H-pyrrole nitrogens is 1. The fourth-order valence-corrected chi connectivity index (χ4v) is 4.30. The number of benzene rings is 1. The number of carbonyl (C=O) groups is 1. The molecular formula is C15H18N4O5S. The van der Waals surface area contributed by atoms with E-state index in [1.807, 2.05) is 0 Å². The summed E-state index contributed by atoms with van der Waals surface area (Å²) in [7, 11) is -1.00. The van der Waals surface area contributed by atoms with E-state index in [1.165, 1.54) is 27.1 Å². The summed E-state index contributed by atoms with van der Waals surface area (Å²) in [6.45, 7) is 2.00. The van der Waals surface area contributed by atoms with Crippen LogP contribution in [-0.4, -0.2) is 54.3 Å². The van der Waals surface area contributed by atoms with Crippen LogP contribution >= 0.6 is 0 Å². The Morgan fingerprint density at radius 1 is 1.36 bits per heavy atom. The number of carbonyl (C=O) groups excluding carboxylic acids is 1. The minimum Gasteiger partial charge on any atom is -0.493 e. The topological polar surface area (TPSA) is 123 Å². The lowest BCUT2D eigenvalue weighted by molar-refractivity contribution is -0.129. The van der Waals surface area contributed by atoms with Crippen LogP contribution in [0.5, 0.6) is 5.88 Å². The van der Waals surface area contributed by atoms with Crippen molar-refractivity contribution < 1.29 is 18.3 Å². The van der Waals surface area contributed by atoms with Crippen molar-refractivity contribution in [1.82, 2.24) is 14.2 Å². The van der Waals surface area contributed by atoms with Gasteiger partial charge in [-0.05, 0) is 28.8 Å². The predicted octanol–water partition coefficient (Wildman–Crippen LogP) is 1.43. The number of sulfonamides is 1. The van der Waals surface area contributed by atoms with Crippen molar-refractivity contribution in [2.24, 2.45) is 5.18 Å². The second-order valence-electron chi connectivity index (χ2n) is 6.15. The highest BCUT2D eigenvalue weighted by Gasteiger charge is 2.31. The summed E-state index contributed by atoms with van der Waals surface area (Å²) in [5.41, 5.74) is 1.41. The highest BCUT2D eigenvalue weighted by molar-refractivity contribution is 7.89. The third-order valence-electron chi connectivity index (χ3n) is 4.51. The summed E-state index contributed by atoms with van der Waals surface area (Å²) in [6, 6.07) is 1.33. The van der Waals surface area contributed by atoms with Gasteiger partial charge >= 0.3 is 0 Å². The van der Waals surface area contributed by atoms with E-state index in [0.717, 1.165) is 4.31 Å². The lowest BCUT2D eigenvalue weighted by Crippen LogP contribution is -2.36. The van der Waals surface area contributed by atoms with Crippen molar-refractivity contribution in [2.75, 3.05) is 20.6 Å². The van der Waals surface area contributed by atoms with Gasteiger partial charge in [0.1, 0.15) is 0 Å². The summed E-state index contributed by atoms with van der Waals surface area (Å²) in [6.07, 6.45) is 0.403. The van der Waals surface area contributed by atoms with Crippen molar-refractivity contribution in [3.8, 4) is 5.88 Å². The molecule has 0 radical (unpaired) electrons. The molecule has 134 valence electrons. The monoisotopic (exact) mass is 366 g/mol. The Morgan fingerprint density at radius 3 is 2.60 bits per heavy atom. The molecule has 2 N–H and O–H groups in total. The number of nitrogens with one attached hydrogen (secondary N) is 1. The number of fused-ring (bicyclic) bond motifs is 3. The number of hydrogen-bond acceptors (Lipinski definition) is 6. The lowest BCUT2D eigenvalue weighted by Gasteiger charge is -2.30. The number of amides is 1. The maximum atomic E-state index is 12.8. The van der Waals surface area contributed by atoms with Crippen molar-refractivity contribution >= 4 is 32.5 Å². The molecule has 2 heterocycles. The number of nitrogens with zero attached hydrogens (tertiary/aromatic N) is 3. The number of hydrogen-bond donors (Lipinski definition) is 2. The predicted molar refractivity (Wildman–Crippen MR) is 91.1 cm³/mol. The van der Waals surface area contributed by atoms with Crippen molar-refractivity contribution in [3.63, 3.8) is 0 Å². The molecule has 0 atom stereocenters. The van der Waals surface area contributed by atoms with Crippen LogP contribution in [0.4, 0.5) is 5.69 Å². The van der Waals surface area contributed by atoms with E-state index >= 15 is 0 Å². The first-order valence-electron chi connectivity index (χ1n) is 7.59. The Labute approximate surface area is 144 Å². The molecule has 10 heteroatoms. The number of aromatic hydroxyl groups is 1. The molecular weight excluding hydrogens is 348 g/mol. The van der Waals surface area contributed by atoms with Gasteiger partial charge in [0.25, 0.3) is 0 Å². The van der Waals surface area contributed by atoms with Gasteiger partial charge in [-0.1, -0.05) is 0 Å². The molecule has 1 aromatic heterocycles. The number of aromatic amines is 1. The Bertz CT molecular complexity index is 993. The third-order valence-corrected chi connectivity index (χ3v) is 6.39. The van der Waals surface area contributed by atoms with Crippen LogP contribution in [0.2, 0.25) is 0 Å². The van der Waals surface area contributed by atoms with Crippen molar-refractivity contribution in [3.05, 3.63) is 22.1 Å². The van der Waals surface area contributed by atoms with E-state index in [4.69, 9.17) is 0 Å². The molecule has 3 rings (SSSR count). The zero-order chi connectivity index (χ0) is 18.5. The molecule has 0 saturated heterocycles. The zero-order valence-electron chi connectivity index (χ0n) is 14.0. The minimum atomic E-state index is -3.82. The average molecular weight is 366 g/mol. The van der Waals surface area contributed by atoms with Gasteiger partial charge in [-0.15, -0.1) is 4.91 Å². The molecule has 1 amide bonds. The van der Waals surface area contributed by atoms with Gasteiger partial charge in [-0.3, -0.25) is 4.79 Å². The van der Waals surface area contributed by atoms with Crippen molar-refractivity contribution in [2.45, 2.75) is 24.8 Å². The first kappa shape index (κ1) is 17.4. The molecule has 0 fully saturated rings. The Morgan fingerprint density at radius 2 is 2.04 bits per heavy atom. The van der Waals surface area contributed by atoms with E-state index in [-0.39, 0.29) is 28.4 Å². The quantitative estimate of drug-likeness (QED) is 0.795. The number of nitroso groups, excluding NO2 is 1. The van der Waals surface area contributed by atoms with Crippen LogP contribution in [0.1, 0.15) is 18.1 Å². The molecule has 1 aromatic carbocycles. The van der Waals surface area contributed by atoms with E-state index in [0.29, 0.717) is 29.6 Å². The van der Waals surface area contributed by atoms with Crippen LogP contribution in [0.25, 0.3) is 10.9 Å². The molecule has 2 aromatic rings. The molecule has 0 aliphatic carbocycles. The second-order valence-corrected chi connectivity index (χ2v) is 8.27. The lowest BCUT2D eigenvalue weighted by atomic mass is 9.96. The first-order valence-corrected chi connectivity index (χ1v) is 9.03. The average Bonchev–Trinajstić information content (AvgIpc) is 2.88. The fraction of sp³-hybridized carbons (Fsp3) is 0.400. The van der Waals surface area contributed by atoms with E-state index in [2.05, 4.69) is 10.2 Å². The van der Waals surface area contributed by atoms with Gasteiger partial charge in [0, 0.05) is 39.5 Å². The van der Waals surface area contributed by atoms with Crippen molar-refractivity contribution in [1.29, 1.82) is 0 Å². The summed E-state index contributed by atoms with van der Waals surface area (Å²) >= 11 is 0. The summed E-state index contributed by atoms with van der Waals surface area (Å²) in [5, 5.41) is 13.0. The second kappa shape index (κ2) is 5.81. The van der Waals surface area contributed by atoms with Crippen LogP contribution in [0.15, 0.2) is 16.1 Å². The Kier molecular flexibility index (Phi) is 4.04. The van der Waals surface area contributed by atoms with E-state index in [1.54, 1.807) is 4.90 Å². The summed E-state index contributed by atoms with van der Waals surface area (Å²) in [5.74, 6) is -0.552. The normalized spacial score (nSPS) is 14.8. The molecule has 1 aliphatic rings. The first-order chi connectivity index (χ1) is 11.7. The van der Waals surface area contributed by atoms with Gasteiger partial charge < -0.3 is 15.0 Å². The SMILES string of the molecule is CC(=O)N1CCc2c(c(S(=O)(=O)N(C)C)cc3c(N=O)c(O)[nH]c23)C1. The van der Waals surface area contributed by atoms with Gasteiger partial charge in [-0.25, -0.2) is 12.7 Å². The largest absolute Gasteiger partial charge is 0.493 e. The molecule has 1 aliphatic heterocycles. The van der Waals surface area contributed by atoms with Gasteiger partial charge in [0.05, 0.1) is 10.4 Å². The standard InChI is InChI=1S/C15H18N4O5S/c1-8(20)19-5-4-9-11(7-19)12(25(23,24)18(2)3)6-10-13(9)16-15(21)14(10)17-22/h6,16,21H,4-5,7H2,1-3H3. The minimum absolute atomic E-state index is 0.00912. The highest BCUT2D eigenvalue weighted by Crippen LogP contribution is 2.41. The molecule has 0 spiro atoms. The summed E-state index contributed by atoms with van der Waals surface area (Å²) in [4.78, 5) is 27.1. The van der Waals surface area contributed by atoms with Crippen LogP contribution in [0, 0.1) is 4.91 Å². The van der Waals surface area contributed by atoms with E-state index in [9.17, 15) is 23.2 Å².